The summed E-state index contributed by atoms with van der Waals surface area (Å²) in [6.45, 7) is 0. The van der Waals surface area contributed by atoms with Gasteiger partial charge in [-0.3, -0.25) is 0 Å². The summed E-state index contributed by atoms with van der Waals surface area (Å²) >= 11 is 0. The van der Waals surface area contributed by atoms with Gasteiger partial charge in [0, 0.05) is 22.2 Å². The zero-order chi connectivity index (χ0) is 15.9. The Bertz CT molecular complexity index is 1060. The molecule has 0 unspecified atom stereocenters. The summed E-state index contributed by atoms with van der Waals surface area (Å²) in [5.74, 6) is 1.74. The summed E-state index contributed by atoms with van der Waals surface area (Å²) in [5, 5.41) is 5.84. The van der Waals surface area contributed by atoms with Gasteiger partial charge in [-0.25, -0.2) is 4.99 Å². The lowest BCUT2D eigenvalue weighted by Crippen LogP contribution is -2.16. The fourth-order valence-electron chi connectivity index (χ4n) is 3.17. The zero-order valence-corrected chi connectivity index (χ0v) is 12.9. The highest BCUT2D eigenvalue weighted by Crippen LogP contribution is 2.36. The van der Waals surface area contributed by atoms with Crippen LogP contribution in [0.3, 0.4) is 0 Å². The molecule has 1 aliphatic rings. The Morgan fingerprint density at radius 1 is 0.750 bits per heavy atom. The van der Waals surface area contributed by atoms with Crippen molar-refractivity contribution in [1.29, 1.82) is 0 Å². The lowest BCUT2D eigenvalue weighted by atomic mass is 10.0. The van der Waals surface area contributed by atoms with E-state index < -0.39 is 0 Å². The van der Waals surface area contributed by atoms with E-state index in [1.807, 2.05) is 18.2 Å². The quantitative estimate of drug-likeness (QED) is 0.523. The first-order valence-corrected chi connectivity index (χ1v) is 7.90. The van der Waals surface area contributed by atoms with Crippen molar-refractivity contribution in [3.8, 4) is 11.3 Å². The van der Waals surface area contributed by atoms with E-state index in [9.17, 15) is 0 Å². The number of nitrogens with one attached hydrogen (secondary N) is 1. The van der Waals surface area contributed by atoms with Crippen molar-refractivity contribution >= 4 is 28.0 Å². The third-order valence-corrected chi connectivity index (χ3v) is 4.33. The number of rotatable bonds is 2. The predicted molar refractivity (Wildman–Crippen MR) is 97.9 cm³/mol. The van der Waals surface area contributed by atoms with Crippen molar-refractivity contribution < 1.29 is 4.42 Å². The number of aliphatic imine (C=N–C) groups is 1. The minimum atomic E-state index is 0.868. The van der Waals surface area contributed by atoms with Crippen LogP contribution in [0.2, 0.25) is 0 Å². The molecule has 1 aromatic heterocycles. The molecule has 3 aromatic carbocycles. The lowest BCUT2D eigenvalue weighted by molar-refractivity contribution is 0.582. The first kappa shape index (κ1) is 13.1. The molecule has 3 heteroatoms. The fourth-order valence-corrected chi connectivity index (χ4v) is 3.17. The summed E-state index contributed by atoms with van der Waals surface area (Å²) in [4.78, 5) is 4.81. The maximum Gasteiger partial charge on any atom is 0.138 e. The van der Waals surface area contributed by atoms with Crippen molar-refractivity contribution in [3.05, 3.63) is 84.6 Å². The van der Waals surface area contributed by atoms with Gasteiger partial charge in [0.1, 0.15) is 11.6 Å². The Morgan fingerprint density at radius 2 is 1.54 bits per heavy atom. The molecule has 1 N–H and O–H groups in total. The van der Waals surface area contributed by atoms with Crippen molar-refractivity contribution in [3.63, 3.8) is 0 Å². The molecule has 3 nitrogen and oxygen atoms in total. The van der Waals surface area contributed by atoms with Gasteiger partial charge in [-0.05, 0) is 29.7 Å². The third kappa shape index (κ3) is 2.02. The van der Waals surface area contributed by atoms with E-state index in [2.05, 4.69) is 59.9 Å². The van der Waals surface area contributed by atoms with Gasteiger partial charge in [-0.1, -0.05) is 48.5 Å². The Morgan fingerprint density at radius 3 is 2.33 bits per heavy atom. The summed E-state index contributed by atoms with van der Waals surface area (Å²) < 4.78 is 5.44. The maximum atomic E-state index is 5.44. The SMILES string of the molecule is c1coc(-c2ccc(C3=Nc4cccc5cccc(c45)N3)cc2)c1. The number of benzene rings is 3. The van der Waals surface area contributed by atoms with Crippen molar-refractivity contribution in [2.45, 2.75) is 0 Å². The summed E-state index contributed by atoms with van der Waals surface area (Å²) in [6.07, 6.45) is 1.69. The molecule has 0 saturated carbocycles. The second kappa shape index (κ2) is 5.10. The number of hydrogen-bond acceptors (Lipinski definition) is 3. The molecule has 24 heavy (non-hydrogen) atoms. The molecule has 0 aliphatic carbocycles. The second-order valence-electron chi connectivity index (χ2n) is 5.82. The predicted octanol–water partition coefficient (Wildman–Crippen LogP) is 5.60. The average molecular weight is 310 g/mol. The van der Waals surface area contributed by atoms with E-state index in [4.69, 9.17) is 9.41 Å². The van der Waals surface area contributed by atoms with Gasteiger partial charge in [0.15, 0.2) is 0 Å². The van der Waals surface area contributed by atoms with Gasteiger partial charge in [-0.15, -0.1) is 0 Å². The molecule has 0 radical (unpaired) electrons. The fraction of sp³-hybridized carbons (Fsp3) is 0. The molecule has 0 amide bonds. The first-order chi connectivity index (χ1) is 11.9. The lowest BCUT2D eigenvalue weighted by Gasteiger charge is -2.19. The number of furan rings is 1. The molecule has 0 saturated heterocycles. The Balaban J connectivity index is 1.58. The number of hydrogen-bond donors (Lipinski definition) is 1. The Hall–Kier alpha value is -3.33. The van der Waals surface area contributed by atoms with Crippen molar-refractivity contribution in [1.82, 2.24) is 0 Å². The molecule has 4 aromatic rings. The molecule has 5 rings (SSSR count). The van der Waals surface area contributed by atoms with E-state index in [0.717, 1.165) is 34.1 Å². The average Bonchev–Trinajstić information content (AvgIpc) is 3.17. The van der Waals surface area contributed by atoms with Crippen LogP contribution in [0.4, 0.5) is 11.4 Å². The van der Waals surface area contributed by atoms with Crippen LogP contribution in [0.5, 0.6) is 0 Å². The molecular formula is C21H14N2O. The van der Waals surface area contributed by atoms with Gasteiger partial charge < -0.3 is 9.73 Å². The normalized spacial score (nSPS) is 12.8. The molecule has 114 valence electrons. The maximum absolute atomic E-state index is 5.44. The van der Waals surface area contributed by atoms with Crippen LogP contribution in [0, 0.1) is 0 Å². The first-order valence-electron chi connectivity index (χ1n) is 7.90. The summed E-state index contributed by atoms with van der Waals surface area (Å²) in [5.41, 5.74) is 4.22. The molecule has 0 atom stereocenters. The number of anilines is 1. The summed E-state index contributed by atoms with van der Waals surface area (Å²) in [7, 11) is 0. The van der Waals surface area contributed by atoms with Crippen LogP contribution in [0.15, 0.2) is 88.5 Å². The van der Waals surface area contributed by atoms with Crippen molar-refractivity contribution in [2.75, 3.05) is 5.32 Å². The van der Waals surface area contributed by atoms with Crippen LogP contribution in [-0.4, -0.2) is 5.84 Å². The minimum absolute atomic E-state index is 0.868. The van der Waals surface area contributed by atoms with Gasteiger partial charge in [0.05, 0.1) is 12.0 Å². The van der Waals surface area contributed by atoms with E-state index in [1.165, 1.54) is 10.8 Å². The molecular weight excluding hydrogens is 296 g/mol. The Labute approximate surface area is 139 Å². The van der Waals surface area contributed by atoms with Crippen LogP contribution in [-0.2, 0) is 0 Å². The zero-order valence-electron chi connectivity index (χ0n) is 12.9. The van der Waals surface area contributed by atoms with Gasteiger partial charge >= 0.3 is 0 Å². The van der Waals surface area contributed by atoms with Gasteiger partial charge in [-0.2, -0.15) is 0 Å². The number of amidine groups is 1. The van der Waals surface area contributed by atoms with E-state index in [0.29, 0.717) is 0 Å². The van der Waals surface area contributed by atoms with E-state index in [-0.39, 0.29) is 0 Å². The van der Waals surface area contributed by atoms with Crippen LogP contribution >= 0.6 is 0 Å². The highest BCUT2D eigenvalue weighted by molar-refractivity contribution is 6.19. The largest absolute Gasteiger partial charge is 0.464 e. The Kier molecular flexibility index (Phi) is 2.79. The van der Waals surface area contributed by atoms with Crippen LogP contribution in [0.25, 0.3) is 22.1 Å². The topological polar surface area (TPSA) is 37.5 Å². The summed E-state index contributed by atoms with van der Waals surface area (Å²) in [6, 6.07) is 24.6. The molecule has 0 bridgehead atoms. The second-order valence-corrected chi connectivity index (χ2v) is 5.82. The minimum Gasteiger partial charge on any atom is -0.464 e. The molecule has 0 spiro atoms. The van der Waals surface area contributed by atoms with Gasteiger partial charge in [0.2, 0.25) is 0 Å². The van der Waals surface area contributed by atoms with E-state index >= 15 is 0 Å². The highest BCUT2D eigenvalue weighted by atomic mass is 16.3. The molecule has 0 fully saturated rings. The monoisotopic (exact) mass is 310 g/mol. The van der Waals surface area contributed by atoms with Gasteiger partial charge in [0.25, 0.3) is 0 Å². The third-order valence-electron chi connectivity index (χ3n) is 4.33. The molecule has 2 heterocycles. The van der Waals surface area contributed by atoms with Crippen LogP contribution in [0.1, 0.15) is 5.56 Å². The van der Waals surface area contributed by atoms with E-state index in [1.54, 1.807) is 6.26 Å². The molecule has 1 aliphatic heterocycles. The number of nitrogens with zero attached hydrogens (tertiary/aromatic N) is 1. The smallest absolute Gasteiger partial charge is 0.138 e. The van der Waals surface area contributed by atoms with Crippen molar-refractivity contribution in [2.24, 2.45) is 4.99 Å². The highest BCUT2D eigenvalue weighted by Gasteiger charge is 2.15. The van der Waals surface area contributed by atoms with Crippen LogP contribution < -0.4 is 5.32 Å². The standard InChI is InChI=1S/C21H14N2O/c1-4-15-5-2-7-18-20(15)17(6-1)22-21(23-18)16-11-9-14(10-12-16)19-8-3-13-24-19/h1-13H,(H,22,23).